The lowest BCUT2D eigenvalue weighted by molar-refractivity contribution is -0.139. The number of ether oxygens (including phenoxy) is 1. The van der Waals surface area contributed by atoms with E-state index < -0.39 is 0 Å². The fourth-order valence-corrected chi connectivity index (χ4v) is 2.04. The smallest absolute Gasteiger partial charge is 0.316 e. The van der Waals surface area contributed by atoms with Crippen molar-refractivity contribution in [3.63, 3.8) is 0 Å². The van der Waals surface area contributed by atoms with Gasteiger partial charge in [-0.3, -0.25) is 4.79 Å². The van der Waals surface area contributed by atoms with E-state index in [-0.39, 0.29) is 11.7 Å². The number of thioether (sulfide) groups is 1. The molecule has 0 saturated heterocycles. The average molecular weight is 278 g/mol. The van der Waals surface area contributed by atoms with Crippen molar-refractivity contribution in [1.82, 2.24) is 10.2 Å². The fraction of sp³-hybridized carbons (Fsp3) is 0.308. The summed E-state index contributed by atoms with van der Waals surface area (Å²) in [6, 6.07) is 9.87. The molecule has 0 aliphatic carbocycles. The van der Waals surface area contributed by atoms with Crippen molar-refractivity contribution < 1.29 is 13.9 Å². The van der Waals surface area contributed by atoms with Gasteiger partial charge in [-0.25, -0.2) is 0 Å². The molecule has 2 rings (SSSR count). The molecule has 0 spiro atoms. The van der Waals surface area contributed by atoms with E-state index in [2.05, 4.69) is 10.2 Å². The van der Waals surface area contributed by atoms with Crippen molar-refractivity contribution in [2.45, 2.75) is 18.6 Å². The molecule has 1 heterocycles. The number of esters is 1. The highest BCUT2D eigenvalue weighted by atomic mass is 32.2. The van der Waals surface area contributed by atoms with E-state index in [4.69, 9.17) is 9.15 Å². The van der Waals surface area contributed by atoms with Gasteiger partial charge in [0.25, 0.3) is 5.22 Å². The molecule has 1 aromatic heterocycles. The highest BCUT2D eigenvalue weighted by Gasteiger charge is 2.10. The number of benzene rings is 1. The van der Waals surface area contributed by atoms with Gasteiger partial charge in [-0.1, -0.05) is 42.1 Å². The Balaban J connectivity index is 1.87. The van der Waals surface area contributed by atoms with Crippen LogP contribution in [0.3, 0.4) is 0 Å². The minimum Gasteiger partial charge on any atom is -0.465 e. The zero-order valence-electron chi connectivity index (χ0n) is 10.5. The van der Waals surface area contributed by atoms with Gasteiger partial charge in [0.1, 0.15) is 5.75 Å². The Morgan fingerprint density at radius 1 is 1.32 bits per heavy atom. The molecule has 0 amide bonds. The first-order valence-corrected chi connectivity index (χ1v) is 6.91. The van der Waals surface area contributed by atoms with E-state index in [1.54, 1.807) is 6.92 Å². The number of carbonyl (C=O) groups excluding carboxylic acids is 1. The minimum atomic E-state index is -0.282. The molecule has 0 aliphatic rings. The van der Waals surface area contributed by atoms with E-state index >= 15 is 0 Å². The van der Waals surface area contributed by atoms with E-state index in [1.807, 2.05) is 30.3 Å². The highest BCUT2D eigenvalue weighted by Crippen LogP contribution is 2.17. The summed E-state index contributed by atoms with van der Waals surface area (Å²) in [5.74, 6) is 0.439. The first-order chi connectivity index (χ1) is 9.28. The second-order valence-electron chi connectivity index (χ2n) is 3.72. The van der Waals surface area contributed by atoms with Crippen LogP contribution in [-0.2, 0) is 16.0 Å². The van der Waals surface area contributed by atoms with Gasteiger partial charge >= 0.3 is 5.97 Å². The number of carbonyl (C=O) groups is 1. The predicted octanol–water partition coefficient (Wildman–Crippen LogP) is 2.32. The Labute approximate surface area is 115 Å². The molecule has 1 aromatic carbocycles. The topological polar surface area (TPSA) is 65.2 Å². The number of hydrogen-bond donors (Lipinski definition) is 0. The Hall–Kier alpha value is -1.82. The maximum absolute atomic E-state index is 11.2. The molecule has 19 heavy (non-hydrogen) atoms. The van der Waals surface area contributed by atoms with Crippen molar-refractivity contribution in [3.8, 4) is 0 Å². The molecule has 0 atom stereocenters. The standard InChI is InChI=1S/C13H14N2O3S/c1-2-17-12(16)9-19-13-15-14-11(18-13)8-10-6-4-3-5-7-10/h3-7H,2,8-9H2,1H3. The van der Waals surface area contributed by atoms with Gasteiger partial charge in [-0.2, -0.15) is 0 Å². The van der Waals surface area contributed by atoms with E-state index in [0.29, 0.717) is 24.1 Å². The van der Waals surface area contributed by atoms with Crippen LogP contribution in [0.1, 0.15) is 18.4 Å². The molecule has 0 bridgehead atoms. The lowest BCUT2D eigenvalue weighted by atomic mass is 10.2. The van der Waals surface area contributed by atoms with Crippen LogP contribution in [0.4, 0.5) is 0 Å². The second kappa shape index (κ2) is 6.94. The maximum atomic E-state index is 11.2. The van der Waals surface area contributed by atoms with Crippen LogP contribution in [0.5, 0.6) is 0 Å². The third kappa shape index (κ3) is 4.40. The lowest BCUT2D eigenvalue weighted by Gasteiger charge is -1.98. The van der Waals surface area contributed by atoms with Crippen molar-refractivity contribution in [1.29, 1.82) is 0 Å². The fourth-order valence-electron chi connectivity index (χ4n) is 1.46. The predicted molar refractivity (Wildman–Crippen MR) is 70.9 cm³/mol. The summed E-state index contributed by atoms with van der Waals surface area (Å²) < 4.78 is 10.3. The highest BCUT2D eigenvalue weighted by molar-refractivity contribution is 7.99. The van der Waals surface area contributed by atoms with Crippen molar-refractivity contribution in [2.75, 3.05) is 12.4 Å². The van der Waals surface area contributed by atoms with Crippen LogP contribution in [0.25, 0.3) is 0 Å². The number of nitrogens with zero attached hydrogens (tertiary/aromatic N) is 2. The average Bonchev–Trinajstić information content (AvgIpc) is 2.86. The molecule has 100 valence electrons. The molecule has 0 N–H and O–H groups in total. The van der Waals surface area contributed by atoms with Crippen molar-refractivity contribution in [2.24, 2.45) is 0 Å². The number of aromatic nitrogens is 2. The summed E-state index contributed by atoms with van der Waals surface area (Å²) in [6.07, 6.45) is 0.591. The molecule has 5 nitrogen and oxygen atoms in total. The third-order valence-corrected chi connectivity index (χ3v) is 3.06. The van der Waals surface area contributed by atoms with Gasteiger partial charge < -0.3 is 9.15 Å². The first kappa shape index (κ1) is 13.6. The monoisotopic (exact) mass is 278 g/mol. The summed E-state index contributed by atoms with van der Waals surface area (Å²) >= 11 is 1.19. The molecule has 0 unspecified atom stereocenters. The summed E-state index contributed by atoms with van der Waals surface area (Å²) in [7, 11) is 0. The number of hydrogen-bond acceptors (Lipinski definition) is 6. The molecular weight excluding hydrogens is 264 g/mol. The van der Waals surface area contributed by atoms with Gasteiger partial charge in [0.15, 0.2) is 0 Å². The molecule has 6 heteroatoms. The van der Waals surface area contributed by atoms with E-state index in [9.17, 15) is 4.79 Å². The molecule has 0 aliphatic heterocycles. The molecular formula is C13H14N2O3S. The summed E-state index contributed by atoms with van der Waals surface area (Å²) in [4.78, 5) is 11.2. The Bertz CT molecular complexity index is 528. The quantitative estimate of drug-likeness (QED) is 0.597. The lowest BCUT2D eigenvalue weighted by Crippen LogP contribution is -2.06. The van der Waals surface area contributed by atoms with Crippen molar-refractivity contribution in [3.05, 3.63) is 41.8 Å². The summed E-state index contributed by atoms with van der Waals surface area (Å²) in [5.41, 5.74) is 1.10. The van der Waals surface area contributed by atoms with Gasteiger partial charge in [0.2, 0.25) is 5.89 Å². The maximum Gasteiger partial charge on any atom is 0.316 e. The molecule has 2 aromatic rings. The van der Waals surface area contributed by atoms with Crippen LogP contribution >= 0.6 is 11.8 Å². The van der Waals surface area contributed by atoms with Crippen LogP contribution in [0, 0.1) is 0 Å². The SMILES string of the molecule is CCOC(=O)CSc1nnc(Cc2ccccc2)o1. The van der Waals surface area contributed by atoms with Gasteiger partial charge in [-0.05, 0) is 12.5 Å². The van der Waals surface area contributed by atoms with Gasteiger partial charge in [0.05, 0.1) is 13.0 Å². The van der Waals surface area contributed by atoms with Gasteiger partial charge in [-0.15, -0.1) is 10.2 Å². The van der Waals surface area contributed by atoms with Crippen molar-refractivity contribution >= 4 is 17.7 Å². The Morgan fingerprint density at radius 3 is 2.84 bits per heavy atom. The van der Waals surface area contributed by atoms with E-state index in [0.717, 1.165) is 5.56 Å². The first-order valence-electron chi connectivity index (χ1n) is 5.92. The molecule has 0 saturated carbocycles. The molecule has 0 radical (unpaired) electrons. The normalized spacial score (nSPS) is 10.4. The molecule has 0 fully saturated rings. The van der Waals surface area contributed by atoms with Gasteiger partial charge in [0, 0.05) is 0 Å². The van der Waals surface area contributed by atoms with E-state index in [1.165, 1.54) is 11.8 Å². The third-order valence-electron chi connectivity index (χ3n) is 2.27. The Morgan fingerprint density at radius 2 is 2.11 bits per heavy atom. The van der Waals surface area contributed by atoms with Crippen LogP contribution < -0.4 is 0 Å². The zero-order valence-corrected chi connectivity index (χ0v) is 11.4. The largest absolute Gasteiger partial charge is 0.465 e. The zero-order chi connectivity index (χ0) is 13.5. The minimum absolute atomic E-state index is 0.181. The summed E-state index contributed by atoms with van der Waals surface area (Å²) in [5, 5.41) is 8.22. The summed E-state index contributed by atoms with van der Waals surface area (Å²) in [6.45, 7) is 2.15. The number of rotatable bonds is 6. The second-order valence-corrected chi connectivity index (χ2v) is 4.64. The Kier molecular flexibility index (Phi) is 4.97. The van der Waals surface area contributed by atoms with Crippen LogP contribution in [0.15, 0.2) is 40.0 Å². The van der Waals surface area contributed by atoms with Crippen LogP contribution in [0.2, 0.25) is 0 Å². The van der Waals surface area contributed by atoms with Crippen LogP contribution in [-0.4, -0.2) is 28.5 Å².